The molecule has 0 aromatic rings. The van der Waals surface area contributed by atoms with Crippen molar-refractivity contribution in [2.24, 2.45) is 5.73 Å². The third-order valence-corrected chi connectivity index (χ3v) is 9.14. The molecule has 0 spiro atoms. The third-order valence-electron chi connectivity index (χ3n) is 9.14. The molecule has 0 aliphatic carbocycles. The predicted octanol–water partition coefficient (Wildman–Crippen LogP) is -5.25. The molecule has 11 amide bonds. The largest absolute Gasteiger partial charge is 0.480 e. The second-order valence-electron chi connectivity index (χ2n) is 15.2. The number of rotatable bonds is 26. The molecule has 0 heterocycles. The molecule has 0 aliphatic rings. The van der Waals surface area contributed by atoms with Gasteiger partial charge < -0.3 is 69.3 Å². The molecule has 14 N–H and O–H groups in total. The van der Waals surface area contributed by atoms with Crippen molar-refractivity contribution in [1.29, 1.82) is 0 Å². The zero-order chi connectivity index (χ0) is 48.9. The fourth-order valence-electron chi connectivity index (χ4n) is 5.05. The van der Waals surface area contributed by atoms with Gasteiger partial charge in [-0.05, 0) is 95.0 Å². The van der Waals surface area contributed by atoms with E-state index >= 15 is 0 Å². The number of nitrogens with two attached hydrogens (primary N) is 1. The Morgan fingerprint density at radius 2 is 0.540 bits per heavy atom. The van der Waals surface area contributed by atoms with E-state index in [1.165, 1.54) is 76.2 Å². The molecular formula is C38H66N12O13. The van der Waals surface area contributed by atoms with Crippen LogP contribution in [0.2, 0.25) is 0 Å². The highest BCUT2D eigenvalue weighted by molar-refractivity contribution is 5.98. The average Bonchev–Trinajstić information content (AvgIpc) is 3.19. The van der Waals surface area contributed by atoms with Crippen molar-refractivity contribution in [3.63, 3.8) is 0 Å². The maximum absolute atomic E-state index is 12.8. The number of hydrogen-bond acceptors (Lipinski definition) is 13. The number of carbonyl (C=O) groups is 12. The molecule has 25 nitrogen and oxygen atoms in total. The standard InChI is InChI=1S/C38H66N12O13/c1-16(40-26(11)51)28(52)41-17(2)29(53)42-18(3)30(54)43-19(4)31(55)44-20(5)32(56)45-21(6)33(57)46-22(7)34(58)47-23(8)35(59)48-24(9)36(60)49-25(10)37(61)50-27(38(62)63)14-12-13-15-39/h16-25,27H,12-15,39H2,1-11H3,(H,40,51)(H,41,52)(H,42,53)(H,43,54)(H,44,55)(H,45,56)(H,46,57)(H,47,58)(H,48,59)(H,49,60)(H,50,61)(H,62,63)/t16-,17-,18-,19-,20-,21-,22-,23-,24-,25-,27-/m0/s1. The van der Waals surface area contributed by atoms with Gasteiger partial charge in [0.15, 0.2) is 0 Å². The number of aliphatic carboxylic acids is 1. The van der Waals surface area contributed by atoms with Crippen LogP contribution in [-0.4, -0.2) is 149 Å². The van der Waals surface area contributed by atoms with Crippen LogP contribution in [0.4, 0.5) is 0 Å². The summed E-state index contributed by atoms with van der Waals surface area (Å²) in [6.07, 6.45) is 1.17. The lowest BCUT2D eigenvalue weighted by molar-refractivity contribution is -0.142. The van der Waals surface area contributed by atoms with Gasteiger partial charge in [-0.2, -0.15) is 0 Å². The molecule has 0 fully saturated rings. The maximum atomic E-state index is 12.8. The molecule has 25 heteroatoms. The van der Waals surface area contributed by atoms with E-state index in [-0.39, 0.29) is 6.42 Å². The van der Waals surface area contributed by atoms with Crippen molar-refractivity contribution >= 4 is 70.9 Å². The summed E-state index contributed by atoms with van der Waals surface area (Å²) >= 11 is 0. The zero-order valence-corrected chi connectivity index (χ0v) is 37.6. The second kappa shape index (κ2) is 27.5. The van der Waals surface area contributed by atoms with Crippen LogP contribution in [-0.2, 0) is 57.5 Å². The minimum absolute atomic E-state index is 0.141. The summed E-state index contributed by atoms with van der Waals surface area (Å²) in [6.45, 7) is 14.9. The van der Waals surface area contributed by atoms with Gasteiger partial charge in [0.05, 0.1) is 0 Å². The first kappa shape index (κ1) is 56.6. The summed E-state index contributed by atoms with van der Waals surface area (Å²) in [6, 6.07) is -12.7. The van der Waals surface area contributed by atoms with E-state index in [0.717, 1.165) is 0 Å². The Bertz CT molecular complexity index is 1700. The van der Waals surface area contributed by atoms with E-state index < -0.39 is 137 Å². The van der Waals surface area contributed by atoms with Crippen molar-refractivity contribution in [2.45, 2.75) is 162 Å². The molecule has 0 saturated heterocycles. The quantitative estimate of drug-likeness (QED) is 0.0361. The number of carboxylic acid groups (broad SMARTS) is 1. The Morgan fingerprint density at radius 1 is 0.349 bits per heavy atom. The van der Waals surface area contributed by atoms with E-state index in [9.17, 15) is 62.6 Å². The SMILES string of the molecule is CC(=O)N[C@@H](C)C(=O)N[C@@H](C)C(=O)N[C@@H](C)C(=O)N[C@@H](C)C(=O)N[C@@H](C)C(=O)N[C@@H](C)C(=O)N[C@@H](C)C(=O)N[C@@H](C)C(=O)N[C@@H](C)C(=O)N[C@@H](C)C(=O)N[C@@H](CCCCN)C(=O)O. The van der Waals surface area contributed by atoms with Gasteiger partial charge >= 0.3 is 5.97 Å². The predicted molar refractivity (Wildman–Crippen MR) is 224 cm³/mol. The summed E-state index contributed by atoms with van der Waals surface area (Å²) in [5, 5.41) is 35.6. The summed E-state index contributed by atoms with van der Waals surface area (Å²) in [5.74, 6) is -9.30. The first-order chi connectivity index (χ1) is 29.1. The summed E-state index contributed by atoms with van der Waals surface area (Å²) in [5.41, 5.74) is 5.42. The van der Waals surface area contributed by atoms with Crippen LogP contribution in [0, 0.1) is 0 Å². The number of amides is 11. The van der Waals surface area contributed by atoms with Crippen LogP contribution in [0.1, 0.15) is 95.4 Å². The van der Waals surface area contributed by atoms with E-state index in [2.05, 4.69) is 58.5 Å². The number of nitrogens with one attached hydrogen (secondary N) is 11. The van der Waals surface area contributed by atoms with Gasteiger partial charge in [-0.3, -0.25) is 52.7 Å². The van der Waals surface area contributed by atoms with Crippen molar-refractivity contribution in [2.75, 3.05) is 6.54 Å². The van der Waals surface area contributed by atoms with Crippen LogP contribution in [0.3, 0.4) is 0 Å². The van der Waals surface area contributed by atoms with Crippen molar-refractivity contribution < 1.29 is 62.6 Å². The Kier molecular flexibility index (Phi) is 24.7. The van der Waals surface area contributed by atoms with E-state index in [1.54, 1.807) is 0 Å². The number of carbonyl (C=O) groups excluding carboxylic acids is 11. The van der Waals surface area contributed by atoms with E-state index in [1.807, 2.05) is 0 Å². The first-order valence-corrected chi connectivity index (χ1v) is 20.4. The molecule has 356 valence electrons. The Morgan fingerprint density at radius 3 is 0.714 bits per heavy atom. The molecule has 0 radical (unpaired) electrons. The fourth-order valence-corrected chi connectivity index (χ4v) is 5.05. The Hall–Kier alpha value is -6.40. The van der Waals surface area contributed by atoms with Gasteiger partial charge in [-0.25, -0.2) is 4.79 Å². The molecule has 0 unspecified atom stereocenters. The summed E-state index contributed by atoms with van der Waals surface area (Å²) in [7, 11) is 0. The Labute approximate surface area is 365 Å². The highest BCUT2D eigenvalue weighted by atomic mass is 16.4. The monoisotopic (exact) mass is 898 g/mol. The van der Waals surface area contributed by atoms with Gasteiger partial charge in [0.25, 0.3) is 0 Å². The fraction of sp³-hybridized carbons (Fsp3) is 0.684. The molecule has 0 rings (SSSR count). The van der Waals surface area contributed by atoms with Gasteiger partial charge in [-0.15, -0.1) is 0 Å². The van der Waals surface area contributed by atoms with Crippen molar-refractivity contribution in [1.82, 2.24) is 58.5 Å². The lowest BCUT2D eigenvalue weighted by Gasteiger charge is -2.24. The first-order valence-electron chi connectivity index (χ1n) is 20.4. The van der Waals surface area contributed by atoms with Gasteiger partial charge in [0.1, 0.15) is 66.5 Å². The van der Waals surface area contributed by atoms with Crippen LogP contribution >= 0.6 is 0 Å². The molecule has 0 aromatic heterocycles. The zero-order valence-electron chi connectivity index (χ0n) is 37.6. The van der Waals surface area contributed by atoms with E-state index in [0.29, 0.717) is 19.4 Å². The smallest absolute Gasteiger partial charge is 0.326 e. The van der Waals surface area contributed by atoms with Crippen LogP contribution in [0.25, 0.3) is 0 Å². The van der Waals surface area contributed by atoms with Gasteiger partial charge in [0.2, 0.25) is 65.0 Å². The third kappa shape index (κ3) is 21.3. The Balaban J connectivity index is 4.93. The molecule has 0 aliphatic heterocycles. The maximum Gasteiger partial charge on any atom is 0.326 e. The van der Waals surface area contributed by atoms with Crippen LogP contribution in [0.5, 0.6) is 0 Å². The molecule has 0 bridgehead atoms. The average molecular weight is 899 g/mol. The highest BCUT2D eigenvalue weighted by Crippen LogP contribution is 2.02. The van der Waals surface area contributed by atoms with Crippen LogP contribution in [0.15, 0.2) is 0 Å². The van der Waals surface area contributed by atoms with Crippen molar-refractivity contribution in [3.8, 4) is 0 Å². The second-order valence-corrected chi connectivity index (χ2v) is 15.2. The number of hydrogen-bond donors (Lipinski definition) is 13. The molecule has 0 aromatic carbocycles. The molecule has 0 saturated carbocycles. The lowest BCUT2D eigenvalue weighted by atomic mass is 10.1. The normalized spacial score (nSPS) is 16.0. The van der Waals surface area contributed by atoms with Crippen LogP contribution < -0.4 is 64.2 Å². The summed E-state index contributed by atoms with van der Waals surface area (Å²) in [4.78, 5) is 149. The van der Waals surface area contributed by atoms with Gasteiger partial charge in [0, 0.05) is 6.92 Å². The van der Waals surface area contributed by atoms with E-state index in [4.69, 9.17) is 5.73 Å². The minimum Gasteiger partial charge on any atom is -0.480 e. The van der Waals surface area contributed by atoms with Gasteiger partial charge in [-0.1, -0.05) is 0 Å². The summed E-state index contributed by atoms with van der Waals surface area (Å²) < 4.78 is 0. The highest BCUT2D eigenvalue weighted by Gasteiger charge is 2.30. The number of carboxylic acids is 1. The van der Waals surface area contributed by atoms with Crippen molar-refractivity contribution in [3.05, 3.63) is 0 Å². The lowest BCUT2D eigenvalue weighted by Crippen LogP contribution is -2.58. The minimum atomic E-state index is -1.25. The topological polar surface area (TPSA) is 383 Å². The molecule has 11 atom stereocenters. The molecule has 63 heavy (non-hydrogen) atoms. The molecular weight excluding hydrogens is 832 g/mol. The number of unbranched alkanes of at least 4 members (excludes halogenated alkanes) is 1.